The second kappa shape index (κ2) is 7.75. The van der Waals surface area contributed by atoms with E-state index >= 15 is 0 Å². The number of nitrogens with one attached hydrogen (secondary N) is 2. The second-order valence-corrected chi connectivity index (χ2v) is 7.25. The van der Waals surface area contributed by atoms with Crippen LogP contribution in [0.3, 0.4) is 0 Å². The van der Waals surface area contributed by atoms with Gasteiger partial charge in [-0.2, -0.15) is 0 Å². The minimum absolute atomic E-state index is 0.244. The molecule has 0 bridgehead atoms. The first-order valence-electron chi connectivity index (χ1n) is 8.23. The van der Waals surface area contributed by atoms with Gasteiger partial charge in [0.2, 0.25) is 0 Å². The first-order chi connectivity index (χ1) is 9.38. The first kappa shape index (κ1) is 17.1. The Morgan fingerprint density at radius 1 is 1.20 bits per heavy atom. The molecule has 0 aromatic rings. The number of hydrogen-bond donors (Lipinski definition) is 2. The van der Waals surface area contributed by atoms with Gasteiger partial charge < -0.3 is 10.6 Å². The van der Waals surface area contributed by atoms with Crippen LogP contribution in [0, 0.1) is 11.3 Å². The maximum Gasteiger partial charge on any atom is 0.0919 e. The zero-order valence-electron chi connectivity index (χ0n) is 14.0. The highest BCUT2D eigenvalue weighted by molar-refractivity contribution is 5.02. The van der Waals surface area contributed by atoms with Gasteiger partial charge in [0.15, 0.2) is 0 Å². The summed E-state index contributed by atoms with van der Waals surface area (Å²) in [6.45, 7) is 17.2. The van der Waals surface area contributed by atoms with Gasteiger partial charge >= 0.3 is 0 Å². The van der Waals surface area contributed by atoms with Crippen molar-refractivity contribution in [2.75, 3.05) is 0 Å². The molecule has 116 valence electrons. The summed E-state index contributed by atoms with van der Waals surface area (Å²) in [5.41, 5.74) is 0.244. The highest BCUT2D eigenvalue weighted by Crippen LogP contribution is 2.27. The second-order valence-electron chi connectivity index (χ2n) is 7.25. The molecule has 0 amide bonds. The Bertz CT molecular complexity index is 308. The van der Waals surface area contributed by atoms with Gasteiger partial charge in [0.1, 0.15) is 0 Å². The van der Waals surface area contributed by atoms with E-state index in [0.29, 0.717) is 12.1 Å². The van der Waals surface area contributed by atoms with Crippen molar-refractivity contribution in [3.63, 3.8) is 0 Å². The van der Waals surface area contributed by atoms with Gasteiger partial charge in [-0.1, -0.05) is 59.6 Å². The van der Waals surface area contributed by atoms with Crippen LogP contribution in [0.5, 0.6) is 0 Å². The summed E-state index contributed by atoms with van der Waals surface area (Å²) in [5, 5.41) is 7.11. The molecule has 0 aromatic heterocycles. The van der Waals surface area contributed by atoms with Crippen LogP contribution in [0.4, 0.5) is 0 Å². The molecule has 0 aliphatic heterocycles. The lowest BCUT2D eigenvalue weighted by Crippen LogP contribution is -2.45. The normalized spacial score (nSPS) is 20.0. The van der Waals surface area contributed by atoms with E-state index in [0.717, 1.165) is 18.2 Å². The monoisotopic (exact) mass is 278 g/mol. The summed E-state index contributed by atoms with van der Waals surface area (Å²) in [6, 6.07) is 0.798. The molecule has 0 heterocycles. The van der Waals surface area contributed by atoms with Crippen molar-refractivity contribution in [1.82, 2.24) is 10.6 Å². The van der Waals surface area contributed by atoms with Gasteiger partial charge in [0, 0.05) is 12.1 Å². The fourth-order valence-electron chi connectivity index (χ4n) is 3.25. The summed E-state index contributed by atoms with van der Waals surface area (Å²) in [7, 11) is 0. The Morgan fingerprint density at radius 3 is 2.25 bits per heavy atom. The molecule has 2 N–H and O–H groups in total. The Kier molecular flexibility index (Phi) is 6.64. The van der Waals surface area contributed by atoms with Crippen LogP contribution in [-0.2, 0) is 0 Å². The molecule has 2 unspecified atom stereocenters. The van der Waals surface area contributed by atoms with E-state index in [1.54, 1.807) is 0 Å². The van der Waals surface area contributed by atoms with Crippen LogP contribution in [0.2, 0.25) is 0 Å². The number of rotatable bonds is 7. The summed E-state index contributed by atoms with van der Waals surface area (Å²) in [5.74, 6) is 1.66. The summed E-state index contributed by atoms with van der Waals surface area (Å²) < 4.78 is 0. The van der Waals surface area contributed by atoms with Crippen molar-refractivity contribution in [2.45, 2.75) is 78.3 Å². The zero-order valence-corrected chi connectivity index (χ0v) is 14.0. The minimum Gasteiger partial charge on any atom is -0.369 e. The lowest BCUT2D eigenvalue weighted by atomic mass is 9.83. The fraction of sp³-hybridized carbons (Fsp3) is 0.778. The van der Waals surface area contributed by atoms with E-state index < -0.39 is 0 Å². The molecule has 0 radical (unpaired) electrons. The molecule has 2 nitrogen and oxygen atoms in total. The third-order valence-electron chi connectivity index (χ3n) is 4.55. The molecule has 2 atom stereocenters. The highest BCUT2D eigenvalue weighted by atomic mass is 15.1. The Labute approximate surface area is 126 Å². The van der Waals surface area contributed by atoms with Gasteiger partial charge in [-0.25, -0.2) is 0 Å². The van der Waals surface area contributed by atoms with Gasteiger partial charge in [0.05, 0.1) is 5.82 Å². The lowest BCUT2D eigenvalue weighted by Gasteiger charge is -2.35. The molecule has 0 saturated heterocycles. The molecule has 1 fully saturated rings. The molecule has 1 rings (SSSR count). The zero-order chi connectivity index (χ0) is 15.2. The quantitative estimate of drug-likeness (QED) is 0.665. The summed E-state index contributed by atoms with van der Waals surface area (Å²) in [4.78, 5) is 0. The standard InChI is InChI=1S/C18H34N2/c1-7-16(15-12-10-9-11-13-15)19-14(3)20-17(8-2)18(4,5)6/h7,15-17,19-20H,1,3,8-13H2,2,4-6H3. The van der Waals surface area contributed by atoms with Crippen molar-refractivity contribution in [1.29, 1.82) is 0 Å². The van der Waals surface area contributed by atoms with Crippen LogP contribution in [-0.4, -0.2) is 12.1 Å². The van der Waals surface area contributed by atoms with E-state index in [-0.39, 0.29) is 5.41 Å². The van der Waals surface area contributed by atoms with Crippen LogP contribution >= 0.6 is 0 Å². The smallest absolute Gasteiger partial charge is 0.0919 e. The van der Waals surface area contributed by atoms with Crippen LogP contribution < -0.4 is 10.6 Å². The lowest BCUT2D eigenvalue weighted by molar-refractivity contribution is 0.262. The average Bonchev–Trinajstić information content (AvgIpc) is 2.41. The summed E-state index contributed by atoms with van der Waals surface area (Å²) >= 11 is 0. The maximum atomic E-state index is 4.17. The SMILES string of the molecule is C=CC(NC(=C)NC(CC)C(C)(C)C)C1CCCCC1. The van der Waals surface area contributed by atoms with Crippen molar-refractivity contribution >= 4 is 0 Å². The third kappa shape index (κ3) is 5.22. The molecule has 1 aliphatic carbocycles. The molecule has 1 aliphatic rings. The van der Waals surface area contributed by atoms with Crippen molar-refractivity contribution in [2.24, 2.45) is 11.3 Å². The Morgan fingerprint density at radius 2 is 1.80 bits per heavy atom. The van der Waals surface area contributed by atoms with E-state index in [1.807, 2.05) is 0 Å². The van der Waals surface area contributed by atoms with Crippen molar-refractivity contribution < 1.29 is 0 Å². The molecule has 0 aromatic carbocycles. The van der Waals surface area contributed by atoms with Crippen LogP contribution in [0.15, 0.2) is 25.1 Å². The predicted molar refractivity (Wildman–Crippen MR) is 89.5 cm³/mol. The maximum absolute atomic E-state index is 4.17. The molecule has 0 spiro atoms. The van der Waals surface area contributed by atoms with Crippen molar-refractivity contribution in [3.8, 4) is 0 Å². The molecular formula is C18H34N2. The van der Waals surface area contributed by atoms with E-state index in [9.17, 15) is 0 Å². The Hall–Kier alpha value is -0.920. The number of hydrogen-bond acceptors (Lipinski definition) is 2. The van der Waals surface area contributed by atoms with E-state index in [2.05, 4.69) is 57.6 Å². The summed E-state index contributed by atoms with van der Waals surface area (Å²) in [6.07, 6.45) is 9.89. The van der Waals surface area contributed by atoms with Crippen molar-refractivity contribution in [3.05, 3.63) is 25.1 Å². The van der Waals surface area contributed by atoms with Gasteiger partial charge in [-0.3, -0.25) is 0 Å². The van der Waals surface area contributed by atoms with Crippen LogP contribution in [0.1, 0.15) is 66.2 Å². The highest BCUT2D eigenvalue weighted by Gasteiger charge is 2.25. The third-order valence-corrected chi connectivity index (χ3v) is 4.55. The predicted octanol–water partition coefficient (Wildman–Crippen LogP) is 4.60. The first-order valence-corrected chi connectivity index (χ1v) is 8.23. The van der Waals surface area contributed by atoms with E-state index in [4.69, 9.17) is 0 Å². The van der Waals surface area contributed by atoms with E-state index in [1.165, 1.54) is 32.1 Å². The molecule has 20 heavy (non-hydrogen) atoms. The average molecular weight is 278 g/mol. The molecule has 1 saturated carbocycles. The molecular weight excluding hydrogens is 244 g/mol. The fourth-order valence-corrected chi connectivity index (χ4v) is 3.25. The largest absolute Gasteiger partial charge is 0.369 e. The van der Waals surface area contributed by atoms with Gasteiger partial charge in [-0.05, 0) is 30.6 Å². The topological polar surface area (TPSA) is 24.1 Å². The van der Waals surface area contributed by atoms with Crippen LogP contribution in [0.25, 0.3) is 0 Å². The Balaban J connectivity index is 2.52. The van der Waals surface area contributed by atoms with Gasteiger partial charge in [0.25, 0.3) is 0 Å². The minimum atomic E-state index is 0.244. The van der Waals surface area contributed by atoms with Gasteiger partial charge in [-0.15, -0.1) is 6.58 Å². The molecule has 2 heteroatoms.